The van der Waals surface area contributed by atoms with Crippen LogP contribution in [-0.2, 0) is 9.47 Å². The van der Waals surface area contributed by atoms with Gasteiger partial charge in [0.25, 0.3) is 0 Å². The molecule has 1 heterocycles. The van der Waals surface area contributed by atoms with E-state index in [1.54, 1.807) is 0 Å². The standard InChI is InChI=1S/C13H25NO2/c1-11(2)14-9-12-10-15-13(16-12)7-5-3-4-6-8-13/h11-12,14H,3-10H2,1-2H3. The number of hydrogen-bond acceptors (Lipinski definition) is 3. The first-order valence-electron chi connectivity index (χ1n) is 6.75. The second-order valence-electron chi connectivity index (χ2n) is 5.44. The maximum atomic E-state index is 6.14. The molecular weight excluding hydrogens is 202 g/mol. The van der Waals surface area contributed by atoms with Gasteiger partial charge in [-0.1, -0.05) is 26.7 Å². The summed E-state index contributed by atoms with van der Waals surface area (Å²) in [6.45, 7) is 6.01. The SMILES string of the molecule is CC(C)NCC1COC2(CCCCCC2)O1. The second kappa shape index (κ2) is 5.48. The topological polar surface area (TPSA) is 30.5 Å². The molecule has 2 fully saturated rings. The van der Waals surface area contributed by atoms with Crippen LogP contribution in [0, 0.1) is 0 Å². The van der Waals surface area contributed by atoms with Crippen molar-refractivity contribution in [3.05, 3.63) is 0 Å². The van der Waals surface area contributed by atoms with Crippen LogP contribution in [0.15, 0.2) is 0 Å². The molecule has 1 spiro atoms. The molecule has 1 saturated heterocycles. The summed E-state index contributed by atoms with van der Waals surface area (Å²) in [5, 5.41) is 3.42. The summed E-state index contributed by atoms with van der Waals surface area (Å²) >= 11 is 0. The molecule has 0 aromatic carbocycles. The van der Waals surface area contributed by atoms with Gasteiger partial charge in [0.15, 0.2) is 5.79 Å². The molecule has 94 valence electrons. The predicted octanol–water partition coefficient (Wildman–Crippen LogP) is 2.45. The summed E-state index contributed by atoms with van der Waals surface area (Å²) in [5.74, 6) is -0.222. The minimum atomic E-state index is -0.222. The lowest BCUT2D eigenvalue weighted by atomic mass is 10.1. The molecule has 1 unspecified atom stereocenters. The largest absolute Gasteiger partial charge is 0.347 e. The molecule has 1 atom stereocenters. The zero-order chi connectivity index (χ0) is 11.4. The van der Waals surface area contributed by atoms with Crippen molar-refractivity contribution in [3.8, 4) is 0 Å². The van der Waals surface area contributed by atoms with Crippen LogP contribution in [-0.4, -0.2) is 31.1 Å². The molecule has 1 saturated carbocycles. The summed E-state index contributed by atoms with van der Waals surface area (Å²) in [5.41, 5.74) is 0. The van der Waals surface area contributed by atoms with Gasteiger partial charge in [-0.15, -0.1) is 0 Å². The summed E-state index contributed by atoms with van der Waals surface area (Å²) in [4.78, 5) is 0. The summed E-state index contributed by atoms with van der Waals surface area (Å²) < 4.78 is 12.1. The third kappa shape index (κ3) is 3.19. The van der Waals surface area contributed by atoms with E-state index >= 15 is 0 Å². The Balaban J connectivity index is 1.80. The highest BCUT2D eigenvalue weighted by Gasteiger charge is 2.41. The molecule has 16 heavy (non-hydrogen) atoms. The van der Waals surface area contributed by atoms with Gasteiger partial charge in [-0.25, -0.2) is 0 Å². The number of hydrogen-bond donors (Lipinski definition) is 1. The van der Waals surface area contributed by atoms with Crippen LogP contribution in [0.2, 0.25) is 0 Å². The first-order chi connectivity index (χ1) is 7.70. The Morgan fingerprint density at radius 3 is 2.50 bits per heavy atom. The van der Waals surface area contributed by atoms with E-state index in [4.69, 9.17) is 9.47 Å². The molecule has 1 aliphatic carbocycles. The highest BCUT2D eigenvalue weighted by Crippen LogP contribution is 2.36. The Labute approximate surface area is 98.9 Å². The average molecular weight is 227 g/mol. The third-order valence-electron chi connectivity index (χ3n) is 3.53. The van der Waals surface area contributed by atoms with Crippen LogP contribution >= 0.6 is 0 Å². The monoisotopic (exact) mass is 227 g/mol. The Morgan fingerprint density at radius 1 is 1.19 bits per heavy atom. The lowest BCUT2D eigenvalue weighted by molar-refractivity contribution is -0.175. The third-order valence-corrected chi connectivity index (χ3v) is 3.53. The fraction of sp³-hybridized carbons (Fsp3) is 1.00. The lowest BCUT2D eigenvalue weighted by Crippen LogP contribution is -2.35. The Kier molecular flexibility index (Phi) is 4.22. The minimum Gasteiger partial charge on any atom is -0.347 e. The van der Waals surface area contributed by atoms with Crippen molar-refractivity contribution in [2.24, 2.45) is 0 Å². The van der Waals surface area contributed by atoms with Gasteiger partial charge in [-0.2, -0.15) is 0 Å². The fourth-order valence-corrected chi connectivity index (χ4v) is 2.61. The van der Waals surface area contributed by atoms with Crippen LogP contribution in [0.25, 0.3) is 0 Å². The maximum Gasteiger partial charge on any atom is 0.168 e. The summed E-state index contributed by atoms with van der Waals surface area (Å²) in [6, 6.07) is 0.522. The van der Waals surface area contributed by atoms with Crippen LogP contribution < -0.4 is 5.32 Å². The van der Waals surface area contributed by atoms with Crippen molar-refractivity contribution in [2.75, 3.05) is 13.2 Å². The maximum absolute atomic E-state index is 6.14. The van der Waals surface area contributed by atoms with Gasteiger partial charge in [-0.3, -0.25) is 0 Å². The summed E-state index contributed by atoms with van der Waals surface area (Å²) in [6.07, 6.45) is 7.61. The van der Waals surface area contributed by atoms with E-state index in [0.29, 0.717) is 6.04 Å². The highest BCUT2D eigenvalue weighted by molar-refractivity contribution is 4.82. The molecule has 3 heteroatoms. The van der Waals surface area contributed by atoms with E-state index in [-0.39, 0.29) is 11.9 Å². The van der Waals surface area contributed by atoms with E-state index in [1.807, 2.05) is 0 Å². The molecule has 1 N–H and O–H groups in total. The number of ether oxygens (including phenoxy) is 2. The first kappa shape index (κ1) is 12.3. The van der Waals surface area contributed by atoms with Gasteiger partial charge in [0, 0.05) is 25.4 Å². The van der Waals surface area contributed by atoms with Crippen LogP contribution in [0.4, 0.5) is 0 Å². The fourth-order valence-electron chi connectivity index (χ4n) is 2.61. The van der Waals surface area contributed by atoms with Crippen molar-refractivity contribution in [1.82, 2.24) is 5.32 Å². The van der Waals surface area contributed by atoms with Crippen molar-refractivity contribution < 1.29 is 9.47 Å². The predicted molar refractivity (Wildman–Crippen MR) is 64.4 cm³/mol. The lowest BCUT2D eigenvalue weighted by Gasteiger charge is -2.26. The smallest absolute Gasteiger partial charge is 0.168 e. The molecule has 2 aliphatic rings. The molecule has 0 radical (unpaired) electrons. The van der Waals surface area contributed by atoms with Gasteiger partial charge in [0.1, 0.15) is 0 Å². The van der Waals surface area contributed by atoms with Crippen LogP contribution in [0.5, 0.6) is 0 Å². The van der Waals surface area contributed by atoms with Crippen LogP contribution in [0.3, 0.4) is 0 Å². The zero-order valence-electron chi connectivity index (χ0n) is 10.6. The van der Waals surface area contributed by atoms with E-state index in [1.165, 1.54) is 25.7 Å². The van der Waals surface area contributed by atoms with Crippen LogP contribution in [0.1, 0.15) is 52.4 Å². The van der Waals surface area contributed by atoms with E-state index in [2.05, 4.69) is 19.2 Å². The quantitative estimate of drug-likeness (QED) is 0.803. The zero-order valence-corrected chi connectivity index (χ0v) is 10.6. The Morgan fingerprint density at radius 2 is 1.88 bits per heavy atom. The van der Waals surface area contributed by atoms with Crippen molar-refractivity contribution in [3.63, 3.8) is 0 Å². The normalized spacial score (nSPS) is 29.8. The number of nitrogens with one attached hydrogen (secondary N) is 1. The summed E-state index contributed by atoms with van der Waals surface area (Å²) in [7, 11) is 0. The minimum absolute atomic E-state index is 0.222. The van der Waals surface area contributed by atoms with E-state index in [0.717, 1.165) is 26.0 Å². The van der Waals surface area contributed by atoms with Crippen molar-refractivity contribution >= 4 is 0 Å². The molecule has 0 aromatic heterocycles. The average Bonchev–Trinajstić information content (AvgIpc) is 2.49. The van der Waals surface area contributed by atoms with Crippen molar-refractivity contribution in [1.29, 1.82) is 0 Å². The van der Waals surface area contributed by atoms with Gasteiger partial charge >= 0.3 is 0 Å². The Hall–Kier alpha value is -0.120. The first-order valence-corrected chi connectivity index (χ1v) is 6.75. The van der Waals surface area contributed by atoms with E-state index in [9.17, 15) is 0 Å². The molecule has 1 aliphatic heterocycles. The molecule has 3 nitrogen and oxygen atoms in total. The highest BCUT2D eigenvalue weighted by atomic mass is 16.7. The molecule has 0 amide bonds. The molecular formula is C13H25NO2. The molecule has 0 bridgehead atoms. The molecule has 2 rings (SSSR count). The van der Waals surface area contributed by atoms with Gasteiger partial charge < -0.3 is 14.8 Å². The Bertz CT molecular complexity index is 210. The van der Waals surface area contributed by atoms with Gasteiger partial charge in [-0.05, 0) is 12.8 Å². The van der Waals surface area contributed by atoms with E-state index < -0.39 is 0 Å². The second-order valence-corrected chi connectivity index (χ2v) is 5.44. The van der Waals surface area contributed by atoms with Crippen molar-refractivity contribution in [2.45, 2.75) is 70.3 Å². The number of rotatable bonds is 3. The molecule has 0 aromatic rings. The van der Waals surface area contributed by atoms with Gasteiger partial charge in [0.05, 0.1) is 12.7 Å². The van der Waals surface area contributed by atoms with Gasteiger partial charge in [0.2, 0.25) is 0 Å².